The van der Waals surface area contributed by atoms with Crippen LogP contribution >= 0.6 is 0 Å². The predicted octanol–water partition coefficient (Wildman–Crippen LogP) is 5.71. The van der Waals surface area contributed by atoms with Crippen molar-refractivity contribution in [1.82, 2.24) is 19.7 Å². The lowest BCUT2D eigenvalue weighted by atomic mass is 9.88. The van der Waals surface area contributed by atoms with E-state index in [1.807, 2.05) is 35.8 Å². The molecule has 2 aromatic carbocycles. The number of para-hydroxylation sites is 1. The first-order valence-electron chi connectivity index (χ1n) is 14.7. The highest BCUT2D eigenvalue weighted by Gasteiger charge is 2.39. The molecule has 0 spiro atoms. The highest BCUT2D eigenvalue weighted by atomic mass is 19.4. The average Bonchev–Trinajstić information content (AvgIpc) is 3.67. The van der Waals surface area contributed by atoms with Crippen LogP contribution < -0.4 is 5.32 Å². The second kappa shape index (κ2) is 14.5. The Hall–Kier alpha value is -4.14. The van der Waals surface area contributed by atoms with Crippen LogP contribution in [0.15, 0.2) is 48.7 Å². The average molecular weight is 659 g/mol. The molecule has 0 aliphatic carbocycles. The molecule has 0 atom stereocenters. The number of piperidine rings is 1. The Balaban J connectivity index is 0.000000617. The second-order valence-electron chi connectivity index (χ2n) is 11.2. The van der Waals surface area contributed by atoms with Crippen LogP contribution in [-0.2, 0) is 22.7 Å². The van der Waals surface area contributed by atoms with Crippen molar-refractivity contribution in [2.45, 2.75) is 57.0 Å². The topological polar surface area (TPSA) is 94.9 Å². The van der Waals surface area contributed by atoms with Crippen molar-refractivity contribution in [1.29, 1.82) is 0 Å². The predicted molar refractivity (Wildman–Crippen MR) is 153 cm³/mol. The molecule has 2 aliphatic heterocycles. The Morgan fingerprint density at radius 2 is 1.50 bits per heavy atom. The largest absolute Gasteiger partial charge is 0.490 e. The molecule has 46 heavy (non-hydrogen) atoms. The lowest BCUT2D eigenvalue weighted by Gasteiger charge is -2.32. The molecular weight excluding hydrogens is 625 g/mol. The molecular formula is C31H33F7N4O4. The van der Waals surface area contributed by atoms with E-state index in [4.69, 9.17) is 9.90 Å². The lowest BCUT2D eigenvalue weighted by molar-refractivity contribution is -0.192. The summed E-state index contributed by atoms with van der Waals surface area (Å²) in [5.74, 6) is -5.44. The zero-order valence-electron chi connectivity index (χ0n) is 24.6. The van der Waals surface area contributed by atoms with Gasteiger partial charge in [-0.05, 0) is 68.0 Å². The van der Waals surface area contributed by atoms with Crippen molar-refractivity contribution < 1.29 is 50.2 Å². The molecule has 1 aromatic heterocycles. The number of aromatic nitrogens is 1. The normalized spacial score (nSPS) is 16.3. The molecule has 3 aromatic rings. The number of hydrogen-bond donors (Lipinski definition) is 2. The summed E-state index contributed by atoms with van der Waals surface area (Å²) in [6.45, 7) is 4.55. The fraction of sp³-hybridized carbons (Fsp3) is 0.452. The monoisotopic (exact) mass is 658 g/mol. The van der Waals surface area contributed by atoms with Crippen LogP contribution in [0.4, 0.5) is 30.7 Å². The fourth-order valence-corrected chi connectivity index (χ4v) is 5.72. The van der Waals surface area contributed by atoms with Gasteiger partial charge in [-0.25, -0.2) is 9.18 Å². The number of alkyl halides is 6. The summed E-state index contributed by atoms with van der Waals surface area (Å²) in [6.07, 6.45) is -4.57. The summed E-state index contributed by atoms with van der Waals surface area (Å²) in [7, 11) is 0. The number of carboxylic acid groups (broad SMARTS) is 1. The van der Waals surface area contributed by atoms with Gasteiger partial charge in [0.1, 0.15) is 5.82 Å². The molecule has 2 N–H and O–H groups in total. The summed E-state index contributed by atoms with van der Waals surface area (Å²) in [6, 6.07) is 12.0. The van der Waals surface area contributed by atoms with Crippen LogP contribution in [-0.4, -0.2) is 82.3 Å². The molecule has 250 valence electrons. The van der Waals surface area contributed by atoms with Gasteiger partial charge in [0.2, 0.25) is 0 Å². The molecule has 2 aliphatic rings. The summed E-state index contributed by atoms with van der Waals surface area (Å²) in [4.78, 5) is 37.9. The highest BCUT2D eigenvalue weighted by molar-refractivity contribution is 6.07. The third kappa shape index (κ3) is 8.77. The number of hydrogen-bond acceptors (Lipinski definition) is 4. The zero-order chi connectivity index (χ0) is 33.6. The summed E-state index contributed by atoms with van der Waals surface area (Å²) in [5, 5.41) is 9.87. The van der Waals surface area contributed by atoms with Crippen molar-refractivity contribution in [3.8, 4) is 0 Å². The molecule has 3 heterocycles. The number of carbonyl (C=O) groups excluding carboxylic acids is 2. The van der Waals surface area contributed by atoms with Crippen molar-refractivity contribution in [2.75, 3.05) is 32.7 Å². The quantitative estimate of drug-likeness (QED) is 0.318. The minimum atomic E-state index is -5.08. The maximum Gasteiger partial charge on any atom is 0.490 e. The van der Waals surface area contributed by atoms with Gasteiger partial charge >= 0.3 is 24.2 Å². The van der Waals surface area contributed by atoms with E-state index in [0.29, 0.717) is 42.6 Å². The van der Waals surface area contributed by atoms with Gasteiger partial charge in [0.25, 0.3) is 5.91 Å². The first-order chi connectivity index (χ1) is 21.6. The van der Waals surface area contributed by atoms with Gasteiger partial charge in [-0.3, -0.25) is 9.59 Å². The number of nitrogens with one attached hydrogen (secondary N) is 1. The van der Waals surface area contributed by atoms with E-state index >= 15 is 0 Å². The van der Waals surface area contributed by atoms with E-state index in [1.165, 1.54) is 31.0 Å². The van der Waals surface area contributed by atoms with Gasteiger partial charge in [-0.2, -0.15) is 26.3 Å². The highest BCUT2D eigenvalue weighted by Crippen LogP contribution is 2.32. The van der Waals surface area contributed by atoms with Gasteiger partial charge in [-0.1, -0.05) is 30.3 Å². The van der Waals surface area contributed by atoms with Crippen LogP contribution in [0.1, 0.15) is 53.1 Å². The fourth-order valence-electron chi connectivity index (χ4n) is 5.72. The van der Waals surface area contributed by atoms with E-state index in [2.05, 4.69) is 9.47 Å². The maximum atomic E-state index is 14.7. The van der Waals surface area contributed by atoms with Crippen LogP contribution in [0.3, 0.4) is 0 Å². The molecule has 0 bridgehead atoms. The van der Waals surface area contributed by atoms with Crippen molar-refractivity contribution in [3.63, 3.8) is 0 Å². The van der Waals surface area contributed by atoms with Crippen LogP contribution in [0.5, 0.6) is 0 Å². The molecule has 0 radical (unpaired) electrons. The molecule has 0 unspecified atom stereocenters. The number of nitrogens with zero attached hydrogens (tertiary/aromatic N) is 3. The first kappa shape index (κ1) is 34.7. The Kier molecular flexibility index (Phi) is 11.0. The number of carbonyl (C=O) groups is 3. The number of fused-ring (bicyclic) bond motifs is 1. The van der Waals surface area contributed by atoms with Crippen LogP contribution in [0.25, 0.3) is 10.9 Å². The number of aliphatic carboxylic acids is 1. The summed E-state index contributed by atoms with van der Waals surface area (Å²) in [5.41, 5.74) is 2.49. The van der Waals surface area contributed by atoms with Gasteiger partial charge in [-0.15, -0.1) is 0 Å². The third-order valence-electron chi connectivity index (χ3n) is 8.11. The third-order valence-corrected chi connectivity index (χ3v) is 8.11. The maximum absolute atomic E-state index is 14.7. The Bertz CT molecular complexity index is 1540. The smallest absolute Gasteiger partial charge is 0.475 e. The molecule has 0 saturated carbocycles. The standard InChI is InChI=1S/C29H32F4N4O2.C2HF3O2/c30-25-8-7-20(18-34-28(39)29(31,32)33)17-23(25)21-9-13-36(14-10-21)27(38)24-19-37(16-15-35-11-3-4-12-35)26-6-2-1-5-22(24)26;3-2(4,5)1(6)7/h1-2,5-8,17,19,21H,3-4,9-16,18H2,(H,34,39);(H,6,7). The van der Waals surface area contributed by atoms with E-state index in [0.717, 1.165) is 37.1 Å². The Morgan fingerprint density at radius 3 is 2.11 bits per heavy atom. The molecule has 15 heteroatoms. The van der Waals surface area contributed by atoms with Gasteiger partial charge in [0.15, 0.2) is 0 Å². The first-order valence-corrected chi connectivity index (χ1v) is 14.7. The summed E-state index contributed by atoms with van der Waals surface area (Å²) >= 11 is 0. The lowest BCUT2D eigenvalue weighted by Crippen LogP contribution is -2.38. The van der Waals surface area contributed by atoms with Gasteiger partial charge < -0.3 is 24.8 Å². The molecule has 5 rings (SSSR count). The van der Waals surface area contributed by atoms with Crippen molar-refractivity contribution in [3.05, 3.63) is 71.2 Å². The number of rotatable bonds is 7. The number of halogens is 7. The molecule has 2 saturated heterocycles. The minimum absolute atomic E-state index is 0.0475. The SMILES string of the molecule is O=C(O)C(F)(F)F.O=C(c1cn(CCN2CCCC2)c2ccccc12)N1CCC(c2cc(CNC(=O)C(F)(F)F)ccc2F)CC1. The van der Waals surface area contributed by atoms with Crippen molar-refractivity contribution >= 4 is 28.7 Å². The van der Waals surface area contributed by atoms with Crippen molar-refractivity contribution in [2.24, 2.45) is 0 Å². The number of carboxylic acids is 1. The van der Waals surface area contributed by atoms with Crippen LogP contribution in [0.2, 0.25) is 0 Å². The second-order valence-corrected chi connectivity index (χ2v) is 11.2. The van der Waals surface area contributed by atoms with Gasteiger partial charge in [0.05, 0.1) is 5.56 Å². The Labute approximate surface area is 259 Å². The number of likely N-dealkylation sites (tertiary alicyclic amines) is 2. The number of benzene rings is 2. The summed E-state index contributed by atoms with van der Waals surface area (Å²) < 4.78 is 86.0. The number of amides is 2. The van der Waals surface area contributed by atoms with E-state index in [-0.39, 0.29) is 18.4 Å². The molecule has 8 nitrogen and oxygen atoms in total. The van der Waals surface area contributed by atoms with Gasteiger partial charge in [0, 0.05) is 49.8 Å². The Morgan fingerprint density at radius 1 is 0.870 bits per heavy atom. The minimum Gasteiger partial charge on any atom is -0.475 e. The molecule has 2 fully saturated rings. The van der Waals surface area contributed by atoms with Crippen LogP contribution in [0, 0.1) is 5.82 Å². The zero-order valence-corrected chi connectivity index (χ0v) is 24.6. The van der Waals surface area contributed by atoms with E-state index < -0.39 is 30.0 Å². The van der Waals surface area contributed by atoms with E-state index in [9.17, 15) is 40.3 Å². The van der Waals surface area contributed by atoms with E-state index in [1.54, 1.807) is 4.90 Å². The molecule has 2 amide bonds.